The highest BCUT2D eigenvalue weighted by Gasteiger charge is 2.46. The van der Waals surface area contributed by atoms with Crippen LogP contribution < -0.4 is 4.90 Å². The van der Waals surface area contributed by atoms with Crippen molar-refractivity contribution in [2.24, 2.45) is 5.92 Å². The fourth-order valence-corrected chi connectivity index (χ4v) is 6.99. The summed E-state index contributed by atoms with van der Waals surface area (Å²) in [5.74, 6) is 0.469. The van der Waals surface area contributed by atoms with E-state index in [9.17, 15) is 13.2 Å². The Morgan fingerprint density at radius 1 is 1.20 bits per heavy atom. The van der Waals surface area contributed by atoms with Crippen LogP contribution in [0.25, 0.3) is 0 Å². The van der Waals surface area contributed by atoms with Crippen LogP contribution in [0.5, 0.6) is 0 Å². The molecule has 0 aromatic heterocycles. The number of rotatable bonds is 2. The van der Waals surface area contributed by atoms with Crippen molar-refractivity contribution in [3.8, 4) is 0 Å². The summed E-state index contributed by atoms with van der Waals surface area (Å²) >= 11 is 0. The Hall–Kier alpha value is -1.40. The van der Waals surface area contributed by atoms with Crippen LogP contribution in [0, 0.1) is 5.92 Å². The van der Waals surface area contributed by atoms with Gasteiger partial charge in [0.05, 0.1) is 4.90 Å². The van der Waals surface area contributed by atoms with Crippen molar-refractivity contribution in [2.75, 3.05) is 11.4 Å². The first kappa shape index (κ1) is 17.0. The Morgan fingerprint density at radius 3 is 2.72 bits per heavy atom. The Bertz CT molecular complexity index is 805. The molecule has 2 aliphatic heterocycles. The van der Waals surface area contributed by atoms with E-state index in [2.05, 4.69) is 0 Å². The van der Waals surface area contributed by atoms with Gasteiger partial charge in [-0.05, 0) is 56.2 Å². The van der Waals surface area contributed by atoms with E-state index in [1.165, 1.54) is 13.3 Å². The van der Waals surface area contributed by atoms with Gasteiger partial charge >= 0.3 is 0 Å². The molecule has 2 heterocycles. The Balaban J connectivity index is 1.71. The predicted octanol–water partition coefficient (Wildman–Crippen LogP) is 2.94. The van der Waals surface area contributed by atoms with Crippen LogP contribution in [-0.2, 0) is 21.2 Å². The minimum atomic E-state index is -3.53. The van der Waals surface area contributed by atoms with E-state index in [0.29, 0.717) is 17.4 Å². The minimum Gasteiger partial charge on any atom is -0.312 e. The van der Waals surface area contributed by atoms with E-state index in [1.54, 1.807) is 21.3 Å². The van der Waals surface area contributed by atoms with Crippen LogP contribution in [0.3, 0.4) is 0 Å². The lowest BCUT2D eigenvalue weighted by Crippen LogP contribution is -2.42. The molecular formula is C19H26N2O3S. The number of carbonyl (C=O) groups is 1. The molecule has 0 spiro atoms. The summed E-state index contributed by atoms with van der Waals surface area (Å²) in [5, 5.41) is 0. The predicted molar refractivity (Wildman–Crippen MR) is 97.0 cm³/mol. The van der Waals surface area contributed by atoms with Crippen molar-refractivity contribution in [2.45, 2.75) is 69.4 Å². The summed E-state index contributed by atoms with van der Waals surface area (Å²) in [5.41, 5.74) is 1.82. The molecule has 0 radical (unpaired) electrons. The molecule has 2 fully saturated rings. The highest BCUT2D eigenvalue weighted by molar-refractivity contribution is 7.89. The third-order valence-electron chi connectivity index (χ3n) is 6.18. The highest BCUT2D eigenvalue weighted by atomic mass is 32.2. The van der Waals surface area contributed by atoms with Gasteiger partial charge < -0.3 is 4.90 Å². The average Bonchev–Trinajstić information content (AvgIpc) is 3.14. The largest absolute Gasteiger partial charge is 0.312 e. The van der Waals surface area contributed by atoms with Crippen molar-refractivity contribution in [1.29, 1.82) is 0 Å². The van der Waals surface area contributed by atoms with Gasteiger partial charge in [0.15, 0.2) is 0 Å². The lowest BCUT2D eigenvalue weighted by molar-refractivity contribution is -0.116. The number of benzene rings is 1. The second kappa shape index (κ2) is 6.09. The molecule has 3 atom stereocenters. The van der Waals surface area contributed by atoms with Gasteiger partial charge in [0.25, 0.3) is 0 Å². The molecule has 4 rings (SSSR count). The maximum absolute atomic E-state index is 13.4. The molecule has 0 N–H and O–H groups in total. The van der Waals surface area contributed by atoms with Crippen molar-refractivity contribution in [3.05, 3.63) is 23.8 Å². The normalized spacial score (nSPS) is 29.5. The second-order valence-corrected chi connectivity index (χ2v) is 9.59. The fourth-order valence-electron chi connectivity index (χ4n) is 5.05. The van der Waals surface area contributed by atoms with Crippen LogP contribution in [0.4, 0.5) is 5.69 Å². The molecule has 3 aliphatic rings. The zero-order valence-electron chi connectivity index (χ0n) is 14.9. The summed E-state index contributed by atoms with van der Waals surface area (Å²) in [6.07, 6.45) is 6.20. The van der Waals surface area contributed by atoms with Crippen molar-refractivity contribution in [1.82, 2.24) is 4.31 Å². The van der Waals surface area contributed by atoms with Crippen LogP contribution >= 0.6 is 0 Å². The maximum Gasteiger partial charge on any atom is 0.243 e. The SMILES string of the molecule is CC(=O)N1CCc2ccc(S(=O)(=O)N3[C@H](C)C[C@@H]4CCCC[C@@H]43)cc21. The molecule has 1 amide bonds. The molecule has 1 aromatic carbocycles. The van der Waals surface area contributed by atoms with Crippen LogP contribution in [0.2, 0.25) is 0 Å². The average molecular weight is 362 g/mol. The zero-order valence-corrected chi connectivity index (χ0v) is 15.8. The number of sulfonamides is 1. The van der Waals surface area contributed by atoms with Gasteiger partial charge in [0.1, 0.15) is 0 Å². The van der Waals surface area contributed by atoms with Crippen LogP contribution in [0.15, 0.2) is 23.1 Å². The van der Waals surface area contributed by atoms with Crippen molar-refractivity contribution in [3.63, 3.8) is 0 Å². The van der Waals surface area contributed by atoms with Crippen molar-refractivity contribution >= 4 is 21.6 Å². The van der Waals surface area contributed by atoms with Crippen molar-refractivity contribution < 1.29 is 13.2 Å². The first-order valence-corrected chi connectivity index (χ1v) is 10.8. The molecule has 1 saturated heterocycles. The van der Waals surface area contributed by atoms with Gasteiger partial charge in [-0.3, -0.25) is 4.79 Å². The highest BCUT2D eigenvalue weighted by Crippen LogP contribution is 2.43. The summed E-state index contributed by atoms with van der Waals surface area (Å²) in [6.45, 7) is 4.20. The summed E-state index contributed by atoms with van der Waals surface area (Å²) < 4.78 is 28.6. The van der Waals surface area contributed by atoms with E-state index < -0.39 is 10.0 Å². The summed E-state index contributed by atoms with van der Waals surface area (Å²) in [7, 11) is -3.53. The summed E-state index contributed by atoms with van der Waals surface area (Å²) in [6, 6.07) is 5.51. The van der Waals surface area contributed by atoms with Gasteiger partial charge in [-0.15, -0.1) is 0 Å². The molecular weight excluding hydrogens is 336 g/mol. The molecule has 6 heteroatoms. The first-order chi connectivity index (χ1) is 11.9. The van der Waals surface area contributed by atoms with E-state index in [0.717, 1.165) is 43.4 Å². The number of fused-ring (bicyclic) bond motifs is 2. The number of anilines is 1. The minimum absolute atomic E-state index is 0.0322. The Labute approximate surface area is 150 Å². The standard InChI is InChI=1S/C19H26N2O3S/c1-13-11-16-5-3-4-6-18(16)21(13)25(23,24)17-8-7-15-9-10-20(14(2)22)19(15)12-17/h7-8,12-13,16,18H,3-6,9-11H2,1-2H3/t13-,16+,18+/m1/s1. The molecule has 1 aromatic rings. The zero-order chi connectivity index (χ0) is 17.8. The topological polar surface area (TPSA) is 57.7 Å². The molecule has 1 aliphatic carbocycles. The molecule has 136 valence electrons. The number of carbonyl (C=O) groups excluding carboxylic acids is 1. The maximum atomic E-state index is 13.4. The van der Waals surface area contributed by atoms with Gasteiger partial charge in [0.2, 0.25) is 15.9 Å². The smallest absolute Gasteiger partial charge is 0.243 e. The molecule has 25 heavy (non-hydrogen) atoms. The van der Waals surface area contributed by atoms with E-state index in [-0.39, 0.29) is 18.0 Å². The van der Waals surface area contributed by atoms with Crippen LogP contribution in [0.1, 0.15) is 51.5 Å². The quantitative estimate of drug-likeness (QED) is 0.813. The molecule has 0 bridgehead atoms. The fraction of sp³-hybridized carbons (Fsp3) is 0.632. The Morgan fingerprint density at radius 2 is 1.96 bits per heavy atom. The van der Waals surface area contributed by atoms with Gasteiger partial charge in [0, 0.05) is 31.2 Å². The number of hydrogen-bond donors (Lipinski definition) is 0. The summed E-state index contributed by atoms with van der Waals surface area (Å²) in [4.78, 5) is 13.8. The third kappa shape index (κ3) is 2.70. The number of amides is 1. The van der Waals surface area contributed by atoms with E-state index in [1.807, 2.05) is 13.0 Å². The van der Waals surface area contributed by atoms with Gasteiger partial charge in [-0.2, -0.15) is 4.31 Å². The van der Waals surface area contributed by atoms with Gasteiger partial charge in [-0.25, -0.2) is 8.42 Å². The first-order valence-electron chi connectivity index (χ1n) is 9.34. The van der Waals surface area contributed by atoms with Crippen LogP contribution in [-0.4, -0.2) is 37.3 Å². The monoisotopic (exact) mass is 362 g/mol. The molecule has 1 saturated carbocycles. The molecule has 0 unspecified atom stereocenters. The van der Waals surface area contributed by atoms with E-state index >= 15 is 0 Å². The van der Waals surface area contributed by atoms with Gasteiger partial charge in [-0.1, -0.05) is 18.9 Å². The lowest BCUT2D eigenvalue weighted by Gasteiger charge is -2.32. The number of hydrogen-bond acceptors (Lipinski definition) is 3. The van der Waals surface area contributed by atoms with E-state index in [4.69, 9.17) is 0 Å². The third-order valence-corrected chi connectivity index (χ3v) is 8.22. The second-order valence-electron chi connectivity index (χ2n) is 7.74. The Kier molecular flexibility index (Phi) is 4.15. The molecule has 5 nitrogen and oxygen atoms in total. The number of nitrogens with zero attached hydrogens (tertiary/aromatic N) is 2. The lowest BCUT2D eigenvalue weighted by atomic mass is 9.85.